The van der Waals surface area contributed by atoms with E-state index in [2.05, 4.69) is 0 Å². The van der Waals surface area contributed by atoms with Crippen LogP contribution in [0.2, 0.25) is 0 Å². The van der Waals surface area contributed by atoms with Crippen molar-refractivity contribution in [1.29, 1.82) is 0 Å². The Bertz CT molecular complexity index is 745. The Morgan fingerprint density at radius 2 is 1.15 bits per heavy atom. The van der Waals surface area contributed by atoms with Crippen LogP contribution in [0.5, 0.6) is 0 Å². The second-order valence-electron chi connectivity index (χ2n) is 4.68. The molecule has 0 atom stereocenters. The zero-order valence-electron chi connectivity index (χ0n) is 11.2. The maximum absolute atomic E-state index is 13.3. The van der Waals surface area contributed by atoms with Gasteiger partial charge in [0.05, 0.1) is 10.0 Å². The van der Waals surface area contributed by atoms with Crippen LogP contribution in [0, 0.1) is 5.92 Å². The molecule has 19 heteroatoms. The molecule has 0 saturated carbocycles. The van der Waals surface area contributed by atoms with Gasteiger partial charge in [-0.1, -0.05) is 0 Å². The first-order valence-corrected chi connectivity index (χ1v) is 8.55. The van der Waals surface area contributed by atoms with Crippen molar-refractivity contribution in [1.82, 2.24) is 0 Å². The Kier molecular flexibility index (Phi) is 5.13. The Morgan fingerprint density at radius 3 is 1.46 bits per heavy atom. The molecule has 1 aliphatic heterocycles. The number of hydrogen-bond donors (Lipinski definition) is 0. The van der Waals surface area contributed by atoms with Gasteiger partial charge in [0.1, 0.15) is 5.92 Å². The molecule has 0 unspecified atom stereocenters. The smallest absolute Gasteiger partial charge is 0.428 e. The van der Waals surface area contributed by atoms with Crippen LogP contribution < -0.4 is 0 Å². The summed E-state index contributed by atoms with van der Waals surface area (Å²) in [7, 11) is -13.5. The third-order valence-corrected chi connectivity index (χ3v) is 5.82. The summed E-state index contributed by atoms with van der Waals surface area (Å²) in [6.45, 7) is 0. The Balaban J connectivity index is 3.39. The number of sulfonamides is 2. The van der Waals surface area contributed by atoms with Gasteiger partial charge in [-0.15, -0.1) is 0 Å². The minimum atomic E-state index is -7.00. The minimum absolute atomic E-state index is 1.05. The number of hydrogen-bond acceptors (Lipinski definition) is 5. The highest BCUT2D eigenvalue weighted by Gasteiger charge is 2.83. The summed E-state index contributed by atoms with van der Waals surface area (Å²) < 4.78 is 187. The van der Waals surface area contributed by atoms with Gasteiger partial charge in [-0.25, -0.2) is 21.6 Å². The van der Waals surface area contributed by atoms with Crippen LogP contribution >= 0.6 is 0 Å². The molecule has 0 aliphatic carbocycles. The highest BCUT2D eigenvalue weighted by atomic mass is 32.3. The third-order valence-electron chi connectivity index (χ3n) is 2.79. The van der Waals surface area contributed by atoms with Crippen LogP contribution in [0.15, 0.2) is 0 Å². The largest absolute Gasteiger partial charge is 0.480 e. The molecule has 0 bridgehead atoms. The maximum atomic E-state index is 13.3. The average Bonchev–Trinajstić information content (AvgIpc) is 2.29. The van der Waals surface area contributed by atoms with E-state index < -0.39 is 61.3 Å². The topological polar surface area (TPSA) is 91.6 Å². The summed E-state index contributed by atoms with van der Waals surface area (Å²) in [5, 5.41) is 0. The first-order chi connectivity index (χ1) is 11.0. The van der Waals surface area contributed by atoms with Crippen molar-refractivity contribution in [2.24, 2.45) is 5.92 Å². The lowest BCUT2D eigenvalue weighted by molar-refractivity contribution is -0.523. The third kappa shape index (κ3) is 3.70. The molecule has 0 amide bonds. The van der Waals surface area contributed by atoms with E-state index in [0.717, 1.165) is 4.13 Å². The molecule has 1 fully saturated rings. The van der Waals surface area contributed by atoms with Crippen LogP contribution in [0.25, 0.3) is 4.13 Å². The van der Waals surface area contributed by atoms with Gasteiger partial charge in [0.15, 0.2) is 10.0 Å². The number of alkyl halides is 11. The summed E-state index contributed by atoms with van der Waals surface area (Å²) >= 11 is 0. The minimum Gasteiger partial charge on any atom is -0.428 e. The molecule has 156 valence electrons. The van der Waals surface area contributed by atoms with Crippen LogP contribution in [0.4, 0.5) is 48.3 Å². The monoisotopic (exact) mass is 454 g/mol. The van der Waals surface area contributed by atoms with Crippen molar-refractivity contribution in [2.45, 2.75) is 29.6 Å². The number of rotatable bonds is 4. The average molecular weight is 454 g/mol. The molecule has 0 N–H and O–H groups in total. The van der Waals surface area contributed by atoms with Crippen molar-refractivity contribution in [3.63, 3.8) is 0 Å². The van der Waals surface area contributed by atoms with E-state index in [0.29, 0.717) is 0 Å². The lowest BCUT2D eigenvalue weighted by atomic mass is 9.91. The quantitative estimate of drug-likeness (QED) is 0.610. The summed E-state index contributed by atoms with van der Waals surface area (Å²) in [6, 6.07) is 0. The van der Waals surface area contributed by atoms with Gasteiger partial charge >= 0.3 is 29.6 Å². The molecule has 26 heavy (non-hydrogen) atoms. The molecule has 0 aromatic heterocycles. The Morgan fingerprint density at radius 1 is 0.808 bits per heavy atom. The molecule has 0 aromatic carbocycles. The summed E-state index contributed by atoms with van der Waals surface area (Å²) in [6.07, 6.45) is -12.7. The van der Waals surface area contributed by atoms with Gasteiger partial charge in [-0.3, -0.25) is 0 Å². The zero-order chi connectivity index (χ0) is 21.2. The fourth-order valence-electron chi connectivity index (χ4n) is 1.57. The lowest BCUT2D eigenvalue weighted by Gasteiger charge is -2.45. The molecule has 1 heterocycles. The van der Waals surface area contributed by atoms with Crippen molar-refractivity contribution in [3.8, 4) is 0 Å². The van der Waals surface area contributed by atoms with Crippen LogP contribution in [0.1, 0.15) is 0 Å². The molecule has 1 aliphatic rings. The van der Waals surface area contributed by atoms with E-state index in [9.17, 15) is 65.1 Å². The molecule has 1 rings (SSSR count). The van der Waals surface area contributed by atoms with Gasteiger partial charge in [0.2, 0.25) is 0 Å². The molecular formula is C7H3F11NO5S2-. The maximum Gasteiger partial charge on any atom is 0.480 e. The van der Waals surface area contributed by atoms with Crippen LogP contribution in [0.3, 0.4) is 0 Å². The van der Waals surface area contributed by atoms with Crippen LogP contribution in [-0.4, -0.2) is 52.2 Å². The first kappa shape index (κ1) is 23.1. The van der Waals surface area contributed by atoms with Crippen molar-refractivity contribution in [3.05, 3.63) is 4.13 Å². The summed E-state index contributed by atoms with van der Waals surface area (Å²) in [5.74, 6) is -20.9. The number of halogens is 11. The predicted molar refractivity (Wildman–Crippen MR) is 56.5 cm³/mol. The van der Waals surface area contributed by atoms with Gasteiger partial charge in [-0.2, -0.15) is 48.3 Å². The van der Waals surface area contributed by atoms with E-state index >= 15 is 0 Å². The highest BCUT2D eigenvalue weighted by molar-refractivity contribution is 8.12. The van der Waals surface area contributed by atoms with Gasteiger partial charge in [0.25, 0.3) is 0 Å². The fourth-order valence-corrected chi connectivity index (χ4v) is 4.19. The fraction of sp³-hybridized carbons (Fsp3) is 1.00. The molecule has 6 nitrogen and oxygen atoms in total. The second kappa shape index (κ2) is 5.77. The molecule has 1 saturated heterocycles. The lowest BCUT2D eigenvalue weighted by Crippen LogP contribution is -2.69. The van der Waals surface area contributed by atoms with E-state index in [1.165, 1.54) is 0 Å². The van der Waals surface area contributed by atoms with E-state index in [-0.39, 0.29) is 0 Å². The zero-order valence-corrected chi connectivity index (χ0v) is 12.9. The summed E-state index contributed by atoms with van der Waals surface area (Å²) in [5.41, 5.74) is -6.44. The van der Waals surface area contributed by atoms with Crippen LogP contribution in [-0.2, 0) is 24.8 Å². The molecule has 0 aromatic rings. The van der Waals surface area contributed by atoms with Crippen molar-refractivity contribution in [2.75, 3.05) is 5.75 Å². The van der Waals surface area contributed by atoms with Gasteiger partial charge < -0.3 is 4.13 Å². The van der Waals surface area contributed by atoms with Crippen molar-refractivity contribution >= 4 is 20.0 Å². The highest BCUT2D eigenvalue weighted by Crippen LogP contribution is 2.59. The van der Waals surface area contributed by atoms with Gasteiger partial charge in [0, 0.05) is 5.75 Å². The van der Waals surface area contributed by atoms with E-state index in [4.69, 9.17) is 0 Å². The van der Waals surface area contributed by atoms with Crippen molar-refractivity contribution < 1.29 is 69.9 Å². The Labute approximate surface area is 136 Å². The first-order valence-electron chi connectivity index (χ1n) is 5.50. The van der Waals surface area contributed by atoms with E-state index in [1.54, 1.807) is 0 Å². The Hall–Kier alpha value is -0.950. The summed E-state index contributed by atoms with van der Waals surface area (Å²) in [4.78, 5) is 0. The second-order valence-corrected chi connectivity index (χ2v) is 8.18. The molecular weight excluding hydrogens is 451 g/mol. The molecule has 0 radical (unpaired) electrons. The standard InChI is InChI=1S/C7H3F11NO5S2/c8-3(9)2(4(10,11)6(14,15)24-5(3,12)13)1-25(20,21)19-26(22,23)7(16,17)18/h2H,1H2/q-1. The predicted octanol–water partition coefficient (Wildman–Crippen LogP) is 2.64. The molecule has 0 spiro atoms. The SMILES string of the molecule is O=S(=O)(CC1C(F)(F)C(F)(F)OC(F)(F)C1(F)F)[N-]S(=O)(=O)C(F)(F)F. The van der Waals surface area contributed by atoms with Gasteiger partial charge in [-0.05, 0) is 0 Å². The number of ether oxygens (including phenoxy) is 1. The van der Waals surface area contributed by atoms with E-state index in [1.807, 2.05) is 4.74 Å². The number of nitrogens with zero attached hydrogens (tertiary/aromatic N) is 1. The normalized spacial score (nSPS) is 25.8.